The molecule has 0 saturated carbocycles. The highest BCUT2D eigenvalue weighted by Crippen LogP contribution is 2.18. The number of rotatable bonds is 64. The van der Waals surface area contributed by atoms with Gasteiger partial charge in [0, 0.05) is 19.3 Å². The predicted molar refractivity (Wildman–Crippen MR) is 339 cm³/mol. The van der Waals surface area contributed by atoms with E-state index in [0.717, 1.165) is 77.0 Å². The first-order valence-corrected chi connectivity index (χ1v) is 34.6. The summed E-state index contributed by atoms with van der Waals surface area (Å²) in [4.78, 5) is 38.3. The summed E-state index contributed by atoms with van der Waals surface area (Å²) in [5, 5.41) is 0. The van der Waals surface area contributed by atoms with Crippen molar-refractivity contribution in [2.24, 2.45) is 0 Å². The molecule has 0 rings (SSSR count). The van der Waals surface area contributed by atoms with E-state index in [2.05, 4.69) is 69.4 Å². The Balaban J connectivity index is 4.10. The van der Waals surface area contributed by atoms with E-state index in [0.29, 0.717) is 19.3 Å². The fraction of sp³-hybridized carbons (Fsp3) is 0.847. The Hall–Kier alpha value is -2.63. The molecule has 0 aromatic carbocycles. The largest absolute Gasteiger partial charge is 0.462 e. The van der Waals surface area contributed by atoms with Gasteiger partial charge in [0.2, 0.25) is 0 Å². The molecule has 1 atom stereocenters. The van der Waals surface area contributed by atoms with Crippen molar-refractivity contribution < 1.29 is 28.6 Å². The van der Waals surface area contributed by atoms with Crippen molar-refractivity contribution in [3.8, 4) is 0 Å². The van der Waals surface area contributed by atoms with E-state index in [1.54, 1.807) is 0 Å². The Kier molecular flexibility index (Phi) is 64.6. The van der Waals surface area contributed by atoms with Gasteiger partial charge >= 0.3 is 17.9 Å². The number of carbonyl (C=O) groups excluding carboxylic acids is 3. The van der Waals surface area contributed by atoms with E-state index in [1.165, 1.54) is 257 Å². The van der Waals surface area contributed by atoms with Crippen LogP contribution in [0.4, 0.5) is 0 Å². The molecule has 6 heteroatoms. The molecule has 0 radical (unpaired) electrons. The van der Waals surface area contributed by atoms with E-state index in [-0.39, 0.29) is 31.1 Å². The second-order valence-electron chi connectivity index (χ2n) is 23.4. The second-order valence-corrected chi connectivity index (χ2v) is 23.4. The van der Waals surface area contributed by atoms with E-state index in [9.17, 15) is 14.4 Å². The van der Waals surface area contributed by atoms with Gasteiger partial charge in [-0.3, -0.25) is 14.4 Å². The Morgan fingerprint density at radius 2 is 0.462 bits per heavy atom. The van der Waals surface area contributed by atoms with Crippen molar-refractivity contribution in [3.05, 3.63) is 48.6 Å². The first-order valence-electron chi connectivity index (χ1n) is 34.6. The first kappa shape index (κ1) is 75.4. The number of ether oxygens (including phenoxy) is 3. The molecule has 0 aliphatic rings. The van der Waals surface area contributed by atoms with Crippen LogP contribution in [0.5, 0.6) is 0 Å². The lowest BCUT2D eigenvalue weighted by atomic mass is 10.0. The third-order valence-electron chi connectivity index (χ3n) is 15.6. The molecule has 0 heterocycles. The molecule has 0 aromatic heterocycles. The maximum Gasteiger partial charge on any atom is 0.306 e. The molecule has 456 valence electrons. The minimum absolute atomic E-state index is 0.0707. The van der Waals surface area contributed by atoms with Crippen molar-refractivity contribution in [2.75, 3.05) is 13.2 Å². The van der Waals surface area contributed by atoms with Gasteiger partial charge < -0.3 is 14.2 Å². The average molecular weight is 1090 g/mol. The number of unbranched alkanes of at least 4 members (excludes halogenated alkanes) is 45. The Morgan fingerprint density at radius 3 is 0.731 bits per heavy atom. The third kappa shape index (κ3) is 64.2. The molecular formula is C72H132O6. The van der Waals surface area contributed by atoms with Crippen LogP contribution in [0, 0.1) is 0 Å². The first-order chi connectivity index (χ1) is 38.5. The summed E-state index contributed by atoms with van der Waals surface area (Å²) >= 11 is 0. The lowest BCUT2D eigenvalue weighted by Gasteiger charge is -2.18. The van der Waals surface area contributed by atoms with E-state index in [4.69, 9.17) is 14.2 Å². The standard InChI is InChI=1S/C72H132O6/c1-4-7-10-13-16-19-22-25-27-28-29-30-31-32-33-34-35-36-37-38-39-40-41-42-43-44-45-48-50-53-56-59-62-65-71(74)77-68-69(67-76-70(73)64-61-58-55-52-49-46-24-21-18-15-12-9-6-3)78-72(75)66-63-60-57-54-51-47-26-23-20-17-14-11-8-5-2/h22-23,25-26,28-29,31-32,69H,4-21,24,27,30,33-68H2,1-3H3/b25-22-,26-23-,29-28-,32-31-. The third-order valence-corrected chi connectivity index (χ3v) is 15.6. The zero-order chi connectivity index (χ0) is 56.4. The summed E-state index contributed by atoms with van der Waals surface area (Å²) in [6.45, 7) is 6.66. The zero-order valence-corrected chi connectivity index (χ0v) is 52.5. The smallest absolute Gasteiger partial charge is 0.306 e. The van der Waals surface area contributed by atoms with Crippen LogP contribution in [0.15, 0.2) is 48.6 Å². The molecule has 0 saturated heterocycles. The summed E-state index contributed by atoms with van der Waals surface area (Å²) < 4.78 is 16.9. The van der Waals surface area contributed by atoms with Crippen molar-refractivity contribution in [2.45, 2.75) is 380 Å². The van der Waals surface area contributed by atoms with Crippen molar-refractivity contribution in [1.29, 1.82) is 0 Å². The molecule has 0 N–H and O–H groups in total. The van der Waals surface area contributed by atoms with Gasteiger partial charge in [0.1, 0.15) is 13.2 Å². The highest BCUT2D eigenvalue weighted by molar-refractivity contribution is 5.71. The van der Waals surface area contributed by atoms with Crippen LogP contribution in [0.25, 0.3) is 0 Å². The van der Waals surface area contributed by atoms with Crippen LogP contribution in [-0.4, -0.2) is 37.2 Å². The molecule has 0 amide bonds. The number of esters is 3. The molecule has 0 aliphatic carbocycles. The highest BCUT2D eigenvalue weighted by atomic mass is 16.6. The van der Waals surface area contributed by atoms with Crippen LogP contribution >= 0.6 is 0 Å². The van der Waals surface area contributed by atoms with E-state index >= 15 is 0 Å². The van der Waals surface area contributed by atoms with Crippen molar-refractivity contribution in [1.82, 2.24) is 0 Å². The number of hydrogen-bond donors (Lipinski definition) is 0. The zero-order valence-electron chi connectivity index (χ0n) is 52.5. The lowest BCUT2D eigenvalue weighted by Crippen LogP contribution is -2.30. The van der Waals surface area contributed by atoms with Gasteiger partial charge in [-0.2, -0.15) is 0 Å². The van der Waals surface area contributed by atoms with Gasteiger partial charge in [-0.25, -0.2) is 0 Å². The molecule has 0 aliphatic heterocycles. The van der Waals surface area contributed by atoms with E-state index < -0.39 is 6.10 Å². The van der Waals surface area contributed by atoms with Crippen LogP contribution < -0.4 is 0 Å². The lowest BCUT2D eigenvalue weighted by molar-refractivity contribution is -0.167. The molecular weight excluding hydrogens is 961 g/mol. The summed E-state index contributed by atoms with van der Waals surface area (Å²) in [5.74, 6) is -0.856. The topological polar surface area (TPSA) is 78.9 Å². The minimum Gasteiger partial charge on any atom is -0.462 e. The quantitative estimate of drug-likeness (QED) is 0.0261. The van der Waals surface area contributed by atoms with Gasteiger partial charge in [-0.15, -0.1) is 0 Å². The van der Waals surface area contributed by atoms with Gasteiger partial charge in [-0.1, -0.05) is 320 Å². The number of allylic oxidation sites excluding steroid dienone is 8. The second kappa shape index (κ2) is 66.9. The van der Waals surface area contributed by atoms with Gasteiger partial charge in [0.25, 0.3) is 0 Å². The normalized spacial score (nSPS) is 12.3. The maximum atomic E-state index is 12.9. The Bertz CT molecular complexity index is 1350. The molecule has 0 spiro atoms. The molecule has 6 nitrogen and oxygen atoms in total. The summed E-state index contributed by atoms with van der Waals surface area (Å²) in [5.41, 5.74) is 0. The van der Waals surface area contributed by atoms with Crippen LogP contribution in [-0.2, 0) is 28.6 Å². The van der Waals surface area contributed by atoms with Crippen LogP contribution in [0.2, 0.25) is 0 Å². The number of hydrogen-bond acceptors (Lipinski definition) is 6. The molecule has 0 aromatic rings. The molecule has 0 fully saturated rings. The minimum atomic E-state index is -0.774. The summed E-state index contributed by atoms with van der Waals surface area (Å²) in [7, 11) is 0. The van der Waals surface area contributed by atoms with Gasteiger partial charge in [0.15, 0.2) is 6.10 Å². The van der Waals surface area contributed by atoms with Crippen molar-refractivity contribution >= 4 is 17.9 Å². The fourth-order valence-electron chi connectivity index (χ4n) is 10.3. The SMILES string of the molecule is CCCCCCC/C=C\C/C=C\C/C=C\CCCCCCCCCCCCCCCCCCCCC(=O)OCC(COC(=O)CCCCCCCCCCCCCCC)OC(=O)CCCCCCC/C=C\CCCCCCC. The Morgan fingerprint density at radius 1 is 0.256 bits per heavy atom. The summed E-state index contributed by atoms with van der Waals surface area (Å²) in [6, 6.07) is 0. The van der Waals surface area contributed by atoms with Gasteiger partial charge in [-0.05, 0) is 83.5 Å². The van der Waals surface area contributed by atoms with Crippen molar-refractivity contribution in [3.63, 3.8) is 0 Å². The predicted octanol–water partition coefficient (Wildman–Crippen LogP) is 23.7. The Labute approximate surface area is 486 Å². The average Bonchev–Trinajstić information content (AvgIpc) is 3.44. The van der Waals surface area contributed by atoms with Crippen LogP contribution in [0.3, 0.4) is 0 Å². The number of carbonyl (C=O) groups is 3. The van der Waals surface area contributed by atoms with Crippen LogP contribution in [0.1, 0.15) is 374 Å². The monoisotopic (exact) mass is 1090 g/mol. The maximum absolute atomic E-state index is 12.9. The fourth-order valence-corrected chi connectivity index (χ4v) is 10.3. The highest BCUT2D eigenvalue weighted by Gasteiger charge is 2.19. The molecule has 1 unspecified atom stereocenters. The molecule has 78 heavy (non-hydrogen) atoms. The van der Waals surface area contributed by atoms with Gasteiger partial charge in [0.05, 0.1) is 0 Å². The van der Waals surface area contributed by atoms with E-state index in [1.807, 2.05) is 0 Å². The summed E-state index contributed by atoms with van der Waals surface area (Å²) in [6.07, 6.45) is 84.3. The molecule has 0 bridgehead atoms.